The molecule has 1 spiro atoms. The maximum absolute atomic E-state index is 15.1. The van der Waals surface area contributed by atoms with Crippen LogP contribution in [0.2, 0.25) is 0 Å². The normalized spacial score (nSPS) is 27.7. The van der Waals surface area contributed by atoms with Gasteiger partial charge in [-0.15, -0.1) is 11.8 Å². The zero-order valence-electron chi connectivity index (χ0n) is 33.1. The van der Waals surface area contributed by atoms with E-state index in [0.29, 0.717) is 58.2 Å². The SMILES string of the molecule is CNC[C@H]1Cc2c([nH]c3ccccc23)[C@@]2(CS[C@@H]3c4c(OC(C)=O)c(C)c5c(c4[C@H](COC2=O)N2[C@@H]3[C@@H](N(C)C)c3c(cc(C)c(OC)c3O)C[C@@H]2O)OCO5)N1. The van der Waals surface area contributed by atoms with Gasteiger partial charge in [0.25, 0.3) is 0 Å². The number of nitrogens with one attached hydrogen (secondary N) is 3. The van der Waals surface area contributed by atoms with E-state index in [1.165, 1.54) is 25.8 Å². The van der Waals surface area contributed by atoms with Gasteiger partial charge in [0.05, 0.1) is 30.1 Å². The van der Waals surface area contributed by atoms with Crippen LogP contribution in [0.3, 0.4) is 0 Å². The fourth-order valence-electron chi connectivity index (χ4n) is 10.3. The zero-order chi connectivity index (χ0) is 40.1. The molecule has 1 aromatic heterocycles. The van der Waals surface area contributed by atoms with Crippen LogP contribution < -0.4 is 29.6 Å². The summed E-state index contributed by atoms with van der Waals surface area (Å²) in [5.74, 6) is 0.891. The van der Waals surface area contributed by atoms with Crippen LogP contribution in [0.15, 0.2) is 30.3 Å². The van der Waals surface area contributed by atoms with E-state index in [1.807, 2.05) is 64.2 Å². The Balaban J connectivity index is 1.33. The minimum atomic E-state index is -1.31. The summed E-state index contributed by atoms with van der Waals surface area (Å²) >= 11 is 1.53. The molecule has 6 aliphatic rings. The maximum atomic E-state index is 15.1. The molecule has 7 heterocycles. The summed E-state index contributed by atoms with van der Waals surface area (Å²) < 4.78 is 30.8. The van der Waals surface area contributed by atoms with E-state index in [2.05, 4.69) is 26.6 Å². The van der Waals surface area contributed by atoms with Crippen molar-refractivity contribution in [3.63, 3.8) is 0 Å². The number of hydrogen-bond donors (Lipinski definition) is 5. The number of H-pyrrole nitrogens is 1. The van der Waals surface area contributed by atoms with Crippen LogP contribution >= 0.6 is 11.8 Å². The molecule has 4 aromatic rings. The quantitative estimate of drug-likeness (QED) is 0.145. The molecule has 7 atom stereocenters. The summed E-state index contributed by atoms with van der Waals surface area (Å²) in [6.07, 6.45) is -0.232. The number of esters is 2. The number of para-hydroxylation sites is 1. The highest BCUT2D eigenvalue weighted by molar-refractivity contribution is 7.99. The van der Waals surface area contributed by atoms with E-state index in [4.69, 9.17) is 23.7 Å². The van der Waals surface area contributed by atoms with Crippen LogP contribution in [0.4, 0.5) is 0 Å². The van der Waals surface area contributed by atoms with Crippen molar-refractivity contribution in [3.05, 3.63) is 75.0 Å². The van der Waals surface area contributed by atoms with E-state index in [0.717, 1.165) is 33.3 Å². The zero-order valence-corrected chi connectivity index (χ0v) is 34.0. The predicted molar refractivity (Wildman–Crippen MR) is 213 cm³/mol. The Morgan fingerprint density at radius 3 is 2.61 bits per heavy atom. The molecular formula is C42H49N5O9S. The summed E-state index contributed by atoms with van der Waals surface area (Å²) in [4.78, 5) is 35.8. The average molecular weight is 800 g/mol. The van der Waals surface area contributed by atoms with Gasteiger partial charge in [-0.05, 0) is 64.2 Å². The van der Waals surface area contributed by atoms with Gasteiger partial charge in [-0.25, -0.2) is 4.79 Å². The molecule has 14 nitrogen and oxygen atoms in total. The van der Waals surface area contributed by atoms with Gasteiger partial charge >= 0.3 is 11.9 Å². The van der Waals surface area contributed by atoms with Crippen molar-refractivity contribution in [1.82, 2.24) is 25.4 Å². The Hall–Kier alpha value is -4.51. The lowest BCUT2D eigenvalue weighted by Gasteiger charge is -2.53. The van der Waals surface area contributed by atoms with Gasteiger partial charge in [-0.2, -0.15) is 0 Å². The molecule has 1 saturated heterocycles. The Kier molecular flexibility index (Phi) is 9.41. The lowest BCUT2D eigenvalue weighted by molar-refractivity contribution is -0.159. The Morgan fingerprint density at radius 1 is 1.11 bits per heavy atom. The molecule has 1 fully saturated rings. The number of aryl methyl sites for hydroxylation is 1. The van der Waals surface area contributed by atoms with Gasteiger partial charge in [0.1, 0.15) is 18.6 Å². The maximum Gasteiger partial charge on any atom is 0.333 e. The lowest BCUT2D eigenvalue weighted by atomic mass is 9.80. The summed E-state index contributed by atoms with van der Waals surface area (Å²) in [6, 6.07) is 8.04. The molecule has 6 aliphatic heterocycles. The van der Waals surface area contributed by atoms with Gasteiger partial charge in [-0.1, -0.05) is 24.3 Å². The number of likely N-dealkylation sites (N-methyl/N-ethyl adjacent to an activating group) is 2. The van der Waals surface area contributed by atoms with E-state index in [-0.39, 0.29) is 37.4 Å². The third kappa shape index (κ3) is 5.64. The van der Waals surface area contributed by atoms with Crippen molar-refractivity contribution in [1.29, 1.82) is 0 Å². The summed E-state index contributed by atoms with van der Waals surface area (Å²) in [7, 11) is 7.34. The number of hydrogen-bond acceptors (Lipinski definition) is 14. The number of benzene rings is 3. The number of methoxy groups -OCH3 is 1. The van der Waals surface area contributed by atoms with Crippen molar-refractivity contribution in [2.45, 2.75) is 74.8 Å². The van der Waals surface area contributed by atoms with E-state index >= 15 is 4.79 Å². The van der Waals surface area contributed by atoms with Crippen molar-refractivity contribution in [2.75, 3.05) is 54.0 Å². The number of nitrogens with zero attached hydrogens (tertiary/aromatic N) is 2. The third-order valence-corrected chi connectivity index (χ3v) is 13.9. The highest BCUT2D eigenvalue weighted by atomic mass is 32.2. The highest BCUT2D eigenvalue weighted by Crippen LogP contribution is 2.63. The molecule has 3 aromatic carbocycles. The fraction of sp³-hybridized carbons (Fsp3) is 0.476. The summed E-state index contributed by atoms with van der Waals surface area (Å²) in [5, 5.41) is 32.2. The number of aliphatic hydroxyl groups excluding tert-OH is 1. The number of aliphatic hydroxyl groups is 1. The number of ether oxygens (including phenoxy) is 5. The molecule has 10 rings (SSSR count). The number of fused-ring (bicyclic) bond motifs is 8. The van der Waals surface area contributed by atoms with Gasteiger partial charge in [0.15, 0.2) is 28.5 Å². The molecular weight excluding hydrogens is 751 g/mol. The Morgan fingerprint density at radius 2 is 1.88 bits per heavy atom. The van der Waals surface area contributed by atoms with E-state index < -0.39 is 47.1 Å². The first kappa shape index (κ1) is 38.0. The van der Waals surface area contributed by atoms with E-state index in [9.17, 15) is 15.0 Å². The van der Waals surface area contributed by atoms with E-state index in [1.54, 1.807) is 0 Å². The Labute approximate surface area is 335 Å². The number of aromatic hydroxyl groups is 1. The Bertz CT molecular complexity index is 2310. The monoisotopic (exact) mass is 799 g/mol. The molecule has 0 amide bonds. The molecule has 0 aliphatic carbocycles. The van der Waals surface area contributed by atoms with Gasteiger partial charge in [-0.3, -0.25) is 15.0 Å². The minimum absolute atomic E-state index is 0.00925. The van der Waals surface area contributed by atoms with Gasteiger partial charge in [0.2, 0.25) is 6.79 Å². The number of aromatic amines is 1. The second-order valence-electron chi connectivity index (χ2n) is 16.0. The first-order chi connectivity index (χ1) is 27.4. The van der Waals surface area contributed by atoms with Crippen molar-refractivity contribution >= 4 is 34.6 Å². The number of phenolic OH excluding ortho intramolecular Hbond substituents is 1. The van der Waals surface area contributed by atoms with Gasteiger partial charge < -0.3 is 49.1 Å². The molecule has 57 heavy (non-hydrogen) atoms. The first-order valence-corrected chi connectivity index (χ1v) is 20.4. The largest absolute Gasteiger partial charge is 0.504 e. The average Bonchev–Trinajstić information content (AvgIpc) is 3.78. The number of carbonyl (C=O) groups excluding carboxylic acids is 2. The van der Waals surface area contributed by atoms with Crippen LogP contribution in [-0.4, -0.2) is 109 Å². The minimum Gasteiger partial charge on any atom is -0.504 e. The second-order valence-corrected chi connectivity index (χ2v) is 17.1. The predicted octanol–water partition coefficient (Wildman–Crippen LogP) is 4.02. The number of aromatic nitrogens is 1. The van der Waals surface area contributed by atoms with Crippen LogP contribution in [0.1, 0.15) is 68.9 Å². The molecule has 5 N–H and O–H groups in total. The molecule has 15 heteroatoms. The van der Waals surface area contributed by atoms with Crippen molar-refractivity contribution < 1.29 is 43.5 Å². The number of phenols is 1. The fourth-order valence-corrected chi connectivity index (χ4v) is 12.0. The molecule has 302 valence electrons. The lowest BCUT2D eigenvalue weighted by Crippen LogP contribution is -2.63. The summed E-state index contributed by atoms with van der Waals surface area (Å²) in [5.41, 5.74) is 5.54. The van der Waals surface area contributed by atoms with Crippen molar-refractivity contribution in [2.24, 2.45) is 0 Å². The number of carbonyl (C=O) groups is 2. The molecule has 0 unspecified atom stereocenters. The standard InChI is InChI=1S/C42H49N5O9S/c1-19-12-22-13-28(49)47-27-16-53-41(51)42(40-25(14-23(45-42)15-43-4)24-10-8-9-11-26(24)44-40)17-57-39(33(47)32(46(5)6)29(22)34(50)35(19)52-7)31-30(27)38-37(54-18-55-38)20(2)36(31)56-21(3)48/h8-12,23,27-28,32-33,39,43-45,49-50H,13-18H2,1-7H3/t23-,27+,28+,32+,33-,39-,42-/m1/s1. The molecule has 2 bridgehead atoms. The molecule has 0 radical (unpaired) electrons. The van der Waals surface area contributed by atoms with Crippen molar-refractivity contribution in [3.8, 4) is 28.7 Å². The first-order valence-electron chi connectivity index (χ1n) is 19.4. The number of rotatable bonds is 5. The topological polar surface area (TPSA) is 167 Å². The van der Waals surface area contributed by atoms with Crippen LogP contribution in [0.5, 0.6) is 28.7 Å². The van der Waals surface area contributed by atoms with Crippen LogP contribution in [0, 0.1) is 13.8 Å². The second kappa shape index (κ2) is 14.1. The van der Waals surface area contributed by atoms with Gasteiger partial charge in [0, 0.05) is 70.9 Å². The highest BCUT2D eigenvalue weighted by Gasteiger charge is 2.58. The smallest absolute Gasteiger partial charge is 0.333 e. The van der Waals surface area contributed by atoms with Crippen LogP contribution in [0.25, 0.3) is 10.9 Å². The van der Waals surface area contributed by atoms with Crippen LogP contribution in [-0.2, 0) is 32.7 Å². The summed E-state index contributed by atoms with van der Waals surface area (Å²) in [6.45, 7) is 5.48. The third-order valence-electron chi connectivity index (χ3n) is 12.4. The number of thioether (sulfide) groups is 1. The molecule has 0 saturated carbocycles.